The first kappa shape index (κ1) is 10.4. The molecule has 2 heterocycles. The van der Waals surface area contributed by atoms with Gasteiger partial charge in [-0.3, -0.25) is 9.59 Å². The zero-order chi connectivity index (χ0) is 11.9. The van der Waals surface area contributed by atoms with Crippen molar-refractivity contribution in [1.82, 2.24) is 15.2 Å². The summed E-state index contributed by atoms with van der Waals surface area (Å²) in [6.45, 7) is 3.85. The third-order valence-corrected chi connectivity index (χ3v) is 2.45. The molecular formula is C10H12N4O2. The minimum absolute atomic E-state index is 0.0335. The predicted molar refractivity (Wildman–Crippen MR) is 61.5 cm³/mol. The summed E-state index contributed by atoms with van der Waals surface area (Å²) in [7, 11) is 0. The van der Waals surface area contributed by atoms with E-state index in [4.69, 9.17) is 5.73 Å². The lowest BCUT2D eigenvalue weighted by molar-refractivity contribution is 0.819. The lowest BCUT2D eigenvalue weighted by Gasteiger charge is -2.06. The molecule has 2 rings (SSSR count). The van der Waals surface area contributed by atoms with Crippen molar-refractivity contribution >= 4 is 16.6 Å². The molecule has 0 aliphatic carbocycles. The number of aromatic nitrogens is 3. The Labute approximate surface area is 90.5 Å². The maximum absolute atomic E-state index is 11.7. The highest BCUT2D eigenvalue weighted by molar-refractivity contribution is 5.89. The number of fused-ring (bicyclic) bond motifs is 1. The Kier molecular flexibility index (Phi) is 2.26. The standard InChI is InChI=1S/C10H12N4O2/c1-4(2)6-3-5-7(10(16)12-6)8(11)13-14-9(5)15/h3-4H,1-2H3,(H2,11,13)(H,12,16)(H,14,15). The van der Waals surface area contributed by atoms with Crippen LogP contribution in [-0.2, 0) is 0 Å². The average molecular weight is 220 g/mol. The van der Waals surface area contributed by atoms with Gasteiger partial charge < -0.3 is 10.7 Å². The van der Waals surface area contributed by atoms with Crippen molar-refractivity contribution in [3.05, 3.63) is 32.5 Å². The molecular weight excluding hydrogens is 208 g/mol. The van der Waals surface area contributed by atoms with Crippen molar-refractivity contribution in [2.24, 2.45) is 0 Å². The molecule has 84 valence electrons. The molecule has 0 saturated carbocycles. The van der Waals surface area contributed by atoms with Crippen LogP contribution < -0.4 is 16.9 Å². The predicted octanol–water partition coefficient (Wildman–Crippen LogP) is 0.317. The molecule has 0 unspecified atom stereocenters. The molecule has 0 spiro atoms. The number of pyridine rings is 1. The van der Waals surface area contributed by atoms with Crippen LogP contribution in [0.15, 0.2) is 15.7 Å². The smallest absolute Gasteiger partial charge is 0.272 e. The normalized spacial score (nSPS) is 11.2. The van der Waals surface area contributed by atoms with Crippen molar-refractivity contribution < 1.29 is 0 Å². The molecule has 0 bridgehead atoms. The fraction of sp³-hybridized carbons (Fsp3) is 0.300. The minimum Gasteiger partial charge on any atom is -0.382 e. The molecule has 0 aliphatic heterocycles. The van der Waals surface area contributed by atoms with Crippen LogP contribution >= 0.6 is 0 Å². The van der Waals surface area contributed by atoms with Crippen LogP contribution in [0.2, 0.25) is 0 Å². The van der Waals surface area contributed by atoms with E-state index in [0.29, 0.717) is 5.69 Å². The minimum atomic E-state index is -0.405. The molecule has 0 amide bonds. The van der Waals surface area contributed by atoms with Gasteiger partial charge in [0.2, 0.25) is 0 Å². The molecule has 0 atom stereocenters. The van der Waals surface area contributed by atoms with E-state index < -0.39 is 5.56 Å². The summed E-state index contributed by atoms with van der Waals surface area (Å²) in [6.07, 6.45) is 0. The van der Waals surface area contributed by atoms with Gasteiger partial charge >= 0.3 is 0 Å². The van der Waals surface area contributed by atoms with Crippen LogP contribution in [0.1, 0.15) is 25.5 Å². The summed E-state index contributed by atoms with van der Waals surface area (Å²) in [4.78, 5) is 26.0. The molecule has 16 heavy (non-hydrogen) atoms. The van der Waals surface area contributed by atoms with E-state index in [1.54, 1.807) is 6.07 Å². The zero-order valence-electron chi connectivity index (χ0n) is 9.00. The van der Waals surface area contributed by atoms with Gasteiger partial charge in [0.05, 0.1) is 10.8 Å². The first-order valence-electron chi connectivity index (χ1n) is 4.91. The summed E-state index contributed by atoms with van der Waals surface area (Å²) in [5.74, 6) is 0.164. The summed E-state index contributed by atoms with van der Waals surface area (Å²) in [5, 5.41) is 6.24. The van der Waals surface area contributed by atoms with Gasteiger partial charge in [0.1, 0.15) is 0 Å². The van der Waals surface area contributed by atoms with E-state index in [2.05, 4.69) is 15.2 Å². The molecule has 2 aromatic rings. The molecule has 4 N–H and O–H groups in total. The molecule has 2 aromatic heterocycles. The average Bonchev–Trinajstić information content (AvgIpc) is 2.22. The molecule has 6 heteroatoms. The largest absolute Gasteiger partial charge is 0.382 e. The Morgan fingerprint density at radius 3 is 2.62 bits per heavy atom. The van der Waals surface area contributed by atoms with Crippen LogP contribution in [0.25, 0.3) is 10.8 Å². The number of nitrogens with zero attached hydrogens (tertiary/aromatic N) is 1. The zero-order valence-corrected chi connectivity index (χ0v) is 9.00. The highest BCUT2D eigenvalue weighted by Crippen LogP contribution is 2.15. The Hall–Kier alpha value is -2.11. The topological polar surface area (TPSA) is 105 Å². The molecule has 0 saturated heterocycles. The Bertz CT molecular complexity index is 654. The first-order chi connectivity index (χ1) is 7.50. The summed E-state index contributed by atoms with van der Waals surface area (Å²) in [6, 6.07) is 1.64. The molecule has 0 radical (unpaired) electrons. The Morgan fingerprint density at radius 1 is 1.31 bits per heavy atom. The van der Waals surface area contributed by atoms with Crippen molar-refractivity contribution in [3.63, 3.8) is 0 Å². The highest BCUT2D eigenvalue weighted by Gasteiger charge is 2.11. The molecule has 0 fully saturated rings. The number of rotatable bonds is 1. The van der Waals surface area contributed by atoms with E-state index in [-0.39, 0.29) is 28.1 Å². The van der Waals surface area contributed by atoms with E-state index in [1.807, 2.05) is 13.8 Å². The third kappa shape index (κ3) is 1.48. The molecule has 0 aliphatic rings. The van der Waals surface area contributed by atoms with Gasteiger partial charge in [-0.15, -0.1) is 0 Å². The van der Waals surface area contributed by atoms with Gasteiger partial charge in [0.15, 0.2) is 5.82 Å². The van der Waals surface area contributed by atoms with E-state index >= 15 is 0 Å². The Morgan fingerprint density at radius 2 is 2.00 bits per heavy atom. The first-order valence-corrected chi connectivity index (χ1v) is 4.91. The van der Waals surface area contributed by atoms with E-state index in [0.717, 1.165) is 0 Å². The second kappa shape index (κ2) is 3.48. The van der Waals surface area contributed by atoms with Crippen LogP contribution in [-0.4, -0.2) is 15.2 Å². The number of anilines is 1. The van der Waals surface area contributed by atoms with Crippen molar-refractivity contribution in [1.29, 1.82) is 0 Å². The maximum atomic E-state index is 11.7. The lowest BCUT2D eigenvalue weighted by atomic mass is 10.1. The number of H-pyrrole nitrogens is 2. The van der Waals surface area contributed by atoms with E-state index in [1.165, 1.54) is 0 Å². The van der Waals surface area contributed by atoms with Gasteiger partial charge in [-0.1, -0.05) is 13.8 Å². The maximum Gasteiger partial charge on any atom is 0.272 e. The van der Waals surface area contributed by atoms with Crippen molar-refractivity contribution in [2.75, 3.05) is 5.73 Å². The number of nitrogens with two attached hydrogens (primary N) is 1. The van der Waals surface area contributed by atoms with Gasteiger partial charge in [0.25, 0.3) is 11.1 Å². The second-order valence-electron chi connectivity index (χ2n) is 3.94. The highest BCUT2D eigenvalue weighted by atomic mass is 16.1. The Balaban J connectivity index is 2.98. The SMILES string of the molecule is CC(C)c1cc2c(=O)[nH]nc(N)c2c(=O)[nH]1. The fourth-order valence-corrected chi connectivity index (χ4v) is 1.55. The quantitative estimate of drug-likeness (QED) is 0.643. The number of hydrogen-bond acceptors (Lipinski definition) is 4. The van der Waals surface area contributed by atoms with Gasteiger partial charge in [-0.25, -0.2) is 5.10 Å². The van der Waals surface area contributed by atoms with Gasteiger partial charge in [0, 0.05) is 5.69 Å². The monoisotopic (exact) mass is 220 g/mol. The summed E-state index contributed by atoms with van der Waals surface area (Å²) >= 11 is 0. The summed E-state index contributed by atoms with van der Waals surface area (Å²) < 4.78 is 0. The van der Waals surface area contributed by atoms with Gasteiger partial charge in [-0.05, 0) is 12.0 Å². The van der Waals surface area contributed by atoms with Crippen molar-refractivity contribution in [2.45, 2.75) is 19.8 Å². The number of aromatic amines is 2. The van der Waals surface area contributed by atoms with Crippen LogP contribution in [0.5, 0.6) is 0 Å². The molecule has 6 nitrogen and oxygen atoms in total. The number of nitrogen functional groups attached to an aromatic ring is 1. The summed E-state index contributed by atoms with van der Waals surface area (Å²) in [5.41, 5.74) is 5.47. The van der Waals surface area contributed by atoms with Crippen LogP contribution in [0, 0.1) is 0 Å². The van der Waals surface area contributed by atoms with Crippen LogP contribution in [0.4, 0.5) is 5.82 Å². The van der Waals surface area contributed by atoms with E-state index in [9.17, 15) is 9.59 Å². The molecule has 0 aromatic carbocycles. The fourth-order valence-electron chi connectivity index (χ4n) is 1.55. The second-order valence-corrected chi connectivity index (χ2v) is 3.94. The third-order valence-electron chi connectivity index (χ3n) is 2.45. The van der Waals surface area contributed by atoms with Crippen LogP contribution in [0.3, 0.4) is 0 Å². The van der Waals surface area contributed by atoms with Gasteiger partial charge in [-0.2, -0.15) is 5.10 Å². The number of hydrogen-bond donors (Lipinski definition) is 3. The lowest BCUT2D eigenvalue weighted by Crippen LogP contribution is -2.19. The number of nitrogens with one attached hydrogen (secondary N) is 2. The van der Waals surface area contributed by atoms with Crippen molar-refractivity contribution in [3.8, 4) is 0 Å².